The van der Waals surface area contributed by atoms with Crippen LogP contribution >= 0.6 is 11.8 Å². The minimum Gasteiger partial charge on any atom is -0.336 e. The summed E-state index contributed by atoms with van der Waals surface area (Å²) in [6.45, 7) is 7.69. The van der Waals surface area contributed by atoms with Gasteiger partial charge in [0.15, 0.2) is 0 Å². The number of rotatable bonds is 2. The molecule has 2 aromatic rings. The van der Waals surface area contributed by atoms with Crippen molar-refractivity contribution in [3.8, 4) is 0 Å². The molecule has 4 nitrogen and oxygen atoms in total. The molecule has 5 heteroatoms. The summed E-state index contributed by atoms with van der Waals surface area (Å²) in [6, 6.07) is 12.5. The fourth-order valence-corrected chi connectivity index (χ4v) is 4.57. The Morgan fingerprint density at radius 1 is 1.07 bits per heavy atom. The summed E-state index contributed by atoms with van der Waals surface area (Å²) >= 11 is 1.74. The van der Waals surface area contributed by atoms with Crippen LogP contribution in [0.25, 0.3) is 0 Å². The Labute approximate surface area is 165 Å². The third kappa shape index (κ3) is 3.66. The maximum Gasteiger partial charge on any atom is 0.254 e. The van der Waals surface area contributed by atoms with Crippen molar-refractivity contribution in [1.82, 2.24) is 9.80 Å². The molecule has 1 saturated heterocycles. The zero-order valence-corrected chi connectivity index (χ0v) is 17.0. The predicted molar refractivity (Wildman–Crippen MR) is 112 cm³/mol. The molecule has 2 aromatic carbocycles. The number of benzene rings is 2. The van der Waals surface area contributed by atoms with E-state index in [-0.39, 0.29) is 5.91 Å². The molecule has 2 aliphatic rings. The van der Waals surface area contributed by atoms with Crippen molar-refractivity contribution in [2.75, 3.05) is 33.2 Å². The first-order valence-corrected chi connectivity index (χ1v) is 10.3. The van der Waals surface area contributed by atoms with Crippen LogP contribution in [-0.2, 0) is 0 Å². The molecule has 0 saturated carbocycles. The number of likely N-dealkylation sites (N-methyl/N-ethyl adjacent to an activating group) is 1. The molecule has 0 N–H and O–H groups in total. The van der Waals surface area contributed by atoms with Crippen LogP contribution in [0.3, 0.4) is 0 Å². The van der Waals surface area contributed by atoms with Crippen molar-refractivity contribution in [1.29, 1.82) is 0 Å². The van der Waals surface area contributed by atoms with Crippen molar-refractivity contribution < 1.29 is 4.79 Å². The van der Waals surface area contributed by atoms with Gasteiger partial charge < -0.3 is 9.80 Å². The highest BCUT2D eigenvalue weighted by molar-refractivity contribution is 7.99. The summed E-state index contributed by atoms with van der Waals surface area (Å²) in [4.78, 5) is 24.5. The smallest absolute Gasteiger partial charge is 0.254 e. The first kappa shape index (κ1) is 18.3. The SMILES string of the molecule is CCC1=Nc2cc(C(=O)N3CCN(C)CC3)ccc2Sc2ccc(C)cc21. The maximum atomic E-state index is 12.9. The molecule has 2 heterocycles. The highest BCUT2D eigenvalue weighted by Gasteiger charge is 2.22. The number of carbonyl (C=O) groups excluding carboxylic acids is 1. The Kier molecular flexibility index (Phi) is 5.06. The van der Waals surface area contributed by atoms with Crippen LogP contribution in [0.4, 0.5) is 5.69 Å². The van der Waals surface area contributed by atoms with E-state index in [2.05, 4.69) is 50.1 Å². The molecular weight excluding hydrogens is 354 g/mol. The van der Waals surface area contributed by atoms with E-state index in [0.29, 0.717) is 0 Å². The largest absolute Gasteiger partial charge is 0.336 e. The minimum atomic E-state index is 0.113. The summed E-state index contributed by atoms with van der Waals surface area (Å²) in [7, 11) is 2.10. The van der Waals surface area contributed by atoms with Gasteiger partial charge in [0.05, 0.1) is 5.69 Å². The maximum absolute atomic E-state index is 12.9. The van der Waals surface area contributed by atoms with Crippen molar-refractivity contribution in [2.45, 2.75) is 30.1 Å². The lowest BCUT2D eigenvalue weighted by atomic mass is 10.0. The second-order valence-corrected chi connectivity index (χ2v) is 8.38. The van der Waals surface area contributed by atoms with Gasteiger partial charge in [0, 0.05) is 52.8 Å². The highest BCUT2D eigenvalue weighted by atomic mass is 32.2. The van der Waals surface area contributed by atoms with Gasteiger partial charge in [-0.05, 0) is 50.7 Å². The highest BCUT2D eigenvalue weighted by Crippen LogP contribution is 2.41. The van der Waals surface area contributed by atoms with Crippen LogP contribution in [-0.4, -0.2) is 54.6 Å². The van der Waals surface area contributed by atoms with Gasteiger partial charge in [-0.1, -0.05) is 30.3 Å². The fourth-order valence-electron chi connectivity index (χ4n) is 3.57. The first-order valence-electron chi connectivity index (χ1n) is 9.53. The monoisotopic (exact) mass is 379 g/mol. The topological polar surface area (TPSA) is 35.9 Å². The van der Waals surface area contributed by atoms with E-state index < -0.39 is 0 Å². The molecule has 0 aromatic heterocycles. The van der Waals surface area contributed by atoms with E-state index in [1.165, 1.54) is 16.0 Å². The number of amides is 1. The lowest BCUT2D eigenvalue weighted by Gasteiger charge is -2.32. The number of hydrogen-bond acceptors (Lipinski definition) is 4. The van der Waals surface area contributed by atoms with E-state index in [9.17, 15) is 4.79 Å². The molecule has 27 heavy (non-hydrogen) atoms. The molecule has 0 aliphatic carbocycles. The Hall–Kier alpha value is -2.11. The molecule has 0 unspecified atom stereocenters. The van der Waals surface area contributed by atoms with E-state index >= 15 is 0 Å². The molecular formula is C22H25N3OS. The lowest BCUT2D eigenvalue weighted by molar-refractivity contribution is 0.0664. The minimum absolute atomic E-state index is 0.113. The Morgan fingerprint density at radius 3 is 2.56 bits per heavy atom. The number of hydrogen-bond donors (Lipinski definition) is 0. The van der Waals surface area contributed by atoms with Gasteiger partial charge in [0.25, 0.3) is 5.91 Å². The molecule has 2 aliphatic heterocycles. The van der Waals surface area contributed by atoms with Crippen molar-refractivity contribution in [2.24, 2.45) is 4.99 Å². The zero-order chi connectivity index (χ0) is 19.0. The molecule has 0 spiro atoms. The number of carbonyl (C=O) groups is 1. The van der Waals surface area contributed by atoms with E-state index in [4.69, 9.17) is 4.99 Å². The van der Waals surface area contributed by atoms with Crippen molar-refractivity contribution >= 4 is 29.1 Å². The third-order valence-electron chi connectivity index (χ3n) is 5.25. The quantitative estimate of drug-likeness (QED) is 0.777. The van der Waals surface area contributed by atoms with Crippen LogP contribution in [0, 0.1) is 6.92 Å². The van der Waals surface area contributed by atoms with Crippen LogP contribution in [0.2, 0.25) is 0 Å². The van der Waals surface area contributed by atoms with Crippen LogP contribution in [0.1, 0.15) is 34.8 Å². The average molecular weight is 380 g/mol. The van der Waals surface area contributed by atoms with E-state index in [0.717, 1.165) is 54.5 Å². The van der Waals surface area contributed by atoms with Gasteiger partial charge in [-0.3, -0.25) is 9.79 Å². The summed E-state index contributed by atoms with van der Waals surface area (Å²) < 4.78 is 0. The van der Waals surface area contributed by atoms with E-state index in [1.54, 1.807) is 11.8 Å². The first-order chi connectivity index (χ1) is 13.0. The van der Waals surface area contributed by atoms with Gasteiger partial charge in [-0.2, -0.15) is 0 Å². The van der Waals surface area contributed by atoms with Gasteiger partial charge in [-0.15, -0.1) is 0 Å². The third-order valence-corrected chi connectivity index (χ3v) is 6.39. The zero-order valence-electron chi connectivity index (χ0n) is 16.2. The molecule has 0 radical (unpaired) electrons. The van der Waals surface area contributed by atoms with Crippen molar-refractivity contribution in [3.05, 3.63) is 53.1 Å². The summed E-state index contributed by atoms with van der Waals surface area (Å²) in [5, 5.41) is 0. The van der Waals surface area contributed by atoms with Gasteiger partial charge >= 0.3 is 0 Å². The molecule has 1 amide bonds. The average Bonchev–Trinajstić information content (AvgIpc) is 2.83. The number of aryl methyl sites for hydroxylation is 1. The second kappa shape index (κ2) is 7.49. The van der Waals surface area contributed by atoms with Gasteiger partial charge in [0.2, 0.25) is 0 Å². The summed E-state index contributed by atoms with van der Waals surface area (Å²) in [5.41, 5.74) is 5.19. The van der Waals surface area contributed by atoms with Crippen LogP contribution in [0.15, 0.2) is 51.2 Å². The lowest BCUT2D eigenvalue weighted by Crippen LogP contribution is -2.47. The standard InChI is InChI=1S/C22H25N3OS/c1-4-18-17-13-15(2)5-7-20(17)27-21-8-6-16(14-19(21)23-18)22(26)25-11-9-24(3)10-12-25/h5-8,13-14H,4,9-12H2,1-3H3. The molecule has 1 fully saturated rings. The number of fused-ring (bicyclic) bond motifs is 2. The molecule has 140 valence electrons. The Morgan fingerprint density at radius 2 is 1.81 bits per heavy atom. The Bertz CT molecular complexity index is 914. The van der Waals surface area contributed by atoms with Crippen molar-refractivity contribution in [3.63, 3.8) is 0 Å². The molecule has 4 rings (SSSR count). The number of nitrogens with zero attached hydrogens (tertiary/aromatic N) is 3. The Balaban J connectivity index is 1.69. The molecule has 0 bridgehead atoms. The second-order valence-electron chi connectivity index (χ2n) is 7.29. The summed E-state index contributed by atoms with van der Waals surface area (Å²) in [6.07, 6.45) is 0.868. The summed E-state index contributed by atoms with van der Waals surface area (Å²) in [5.74, 6) is 0.113. The number of piperazine rings is 1. The molecule has 0 atom stereocenters. The van der Waals surface area contributed by atoms with Crippen LogP contribution in [0.5, 0.6) is 0 Å². The van der Waals surface area contributed by atoms with Gasteiger partial charge in [0.1, 0.15) is 0 Å². The van der Waals surface area contributed by atoms with Gasteiger partial charge in [-0.25, -0.2) is 0 Å². The number of aliphatic imine (C=N–C) groups is 1. The fraction of sp³-hybridized carbons (Fsp3) is 0.364. The van der Waals surface area contributed by atoms with Crippen LogP contribution < -0.4 is 0 Å². The van der Waals surface area contributed by atoms with E-state index in [1.807, 2.05) is 17.0 Å². The normalized spacial score (nSPS) is 17.0. The predicted octanol–water partition coefficient (Wildman–Crippen LogP) is 4.38.